The minimum absolute atomic E-state index is 0. The smallest absolute Gasteiger partial charge is 0.193 e. The molecule has 0 bridgehead atoms. The Morgan fingerprint density at radius 1 is 1.13 bits per heavy atom. The molecule has 134 valence electrons. The number of fused-ring (bicyclic) bond motifs is 1. The summed E-state index contributed by atoms with van der Waals surface area (Å²) >= 11 is 0. The van der Waals surface area contributed by atoms with Crippen LogP contribution in [0, 0.1) is 17.3 Å². The highest BCUT2D eigenvalue weighted by atomic mass is 127. The Hall–Kier alpha value is -0.0400. The van der Waals surface area contributed by atoms with E-state index in [1.54, 1.807) is 0 Å². The number of rotatable bonds is 4. The van der Waals surface area contributed by atoms with Crippen LogP contribution in [0.2, 0.25) is 0 Å². The number of guanidine groups is 1. The van der Waals surface area contributed by atoms with Gasteiger partial charge in [-0.3, -0.25) is 4.99 Å². The minimum Gasteiger partial charge on any atom is -0.396 e. The number of nitrogens with zero attached hydrogens (tertiary/aromatic N) is 2. The Balaban J connectivity index is 0.00000192. The molecule has 0 radical (unpaired) electrons. The molecule has 1 heterocycles. The van der Waals surface area contributed by atoms with Gasteiger partial charge in [-0.1, -0.05) is 25.7 Å². The van der Waals surface area contributed by atoms with Gasteiger partial charge in [-0.2, -0.15) is 0 Å². The highest BCUT2D eigenvalue weighted by molar-refractivity contribution is 14.0. The van der Waals surface area contributed by atoms with E-state index in [0.29, 0.717) is 12.0 Å². The summed E-state index contributed by atoms with van der Waals surface area (Å²) in [6.45, 7) is 3.68. The van der Waals surface area contributed by atoms with Crippen molar-refractivity contribution in [2.45, 2.75) is 57.8 Å². The molecule has 23 heavy (non-hydrogen) atoms. The molecule has 0 spiro atoms. The van der Waals surface area contributed by atoms with Crippen molar-refractivity contribution in [1.29, 1.82) is 0 Å². The number of aliphatic imine (C=N–C) groups is 1. The lowest BCUT2D eigenvalue weighted by atomic mass is 9.82. The van der Waals surface area contributed by atoms with E-state index in [1.807, 2.05) is 7.05 Å². The molecule has 2 N–H and O–H groups in total. The number of aliphatic hydroxyl groups excluding tert-OH is 1. The summed E-state index contributed by atoms with van der Waals surface area (Å²) in [5.41, 5.74) is 0.303. The van der Waals surface area contributed by atoms with Crippen LogP contribution in [0.3, 0.4) is 0 Å². The fraction of sp³-hybridized carbons (Fsp3) is 0.944. The summed E-state index contributed by atoms with van der Waals surface area (Å²) in [7, 11) is 1.91. The van der Waals surface area contributed by atoms with Gasteiger partial charge in [0, 0.05) is 33.3 Å². The van der Waals surface area contributed by atoms with Crippen LogP contribution in [-0.4, -0.2) is 49.3 Å². The van der Waals surface area contributed by atoms with Gasteiger partial charge in [-0.05, 0) is 49.4 Å². The van der Waals surface area contributed by atoms with Crippen LogP contribution in [0.4, 0.5) is 0 Å². The third kappa shape index (κ3) is 4.53. The molecule has 3 rings (SSSR count). The van der Waals surface area contributed by atoms with E-state index >= 15 is 0 Å². The van der Waals surface area contributed by atoms with E-state index in [2.05, 4.69) is 15.2 Å². The molecule has 3 fully saturated rings. The van der Waals surface area contributed by atoms with Gasteiger partial charge >= 0.3 is 0 Å². The zero-order chi connectivity index (χ0) is 15.4. The quantitative estimate of drug-likeness (QED) is 0.405. The molecule has 3 aliphatic rings. The summed E-state index contributed by atoms with van der Waals surface area (Å²) in [6.07, 6.45) is 11.7. The normalized spacial score (nSPS) is 30.0. The molecule has 0 aromatic carbocycles. The number of hydrogen-bond acceptors (Lipinski definition) is 2. The Labute approximate surface area is 158 Å². The molecule has 2 unspecified atom stereocenters. The van der Waals surface area contributed by atoms with Gasteiger partial charge < -0.3 is 15.3 Å². The monoisotopic (exact) mass is 435 g/mol. The van der Waals surface area contributed by atoms with Crippen LogP contribution in [0.5, 0.6) is 0 Å². The molecular formula is C18H34IN3O. The van der Waals surface area contributed by atoms with Crippen molar-refractivity contribution in [3.63, 3.8) is 0 Å². The number of nitrogens with one attached hydrogen (secondary N) is 1. The second-order valence-electron chi connectivity index (χ2n) is 7.79. The van der Waals surface area contributed by atoms with E-state index in [-0.39, 0.29) is 24.0 Å². The molecular weight excluding hydrogens is 401 g/mol. The Morgan fingerprint density at radius 2 is 1.74 bits per heavy atom. The maximum Gasteiger partial charge on any atom is 0.193 e. The number of halogens is 1. The van der Waals surface area contributed by atoms with Gasteiger partial charge in [0.05, 0.1) is 0 Å². The molecule has 1 aliphatic heterocycles. The zero-order valence-corrected chi connectivity index (χ0v) is 16.9. The van der Waals surface area contributed by atoms with Crippen LogP contribution < -0.4 is 5.32 Å². The van der Waals surface area contributed by atoms with E-state index in [1.165, 1.54) is 64.5 Å². The van der Waals surface area contributed by atoms with Crippen molar-refractivity contribution in [1.82, 2.24) is 10.2 Å². The summed E-state index contributed by atoms with van der Waals surface area (Å²) in [5.74, 6) is 2.88. The maximum atomic E-state index is 9.40. The molecule has 0 aromatic heterocycles. The van der Waals surface area contributed by atoms with Crippen molar-refractivity contribution in [3.8, 4) is 0 Å². The van der Waals surface area contributed by atoms with Crippen LogP contribution in [-0.2, 0) is 0 Å². The summed E-state index contributed by atoms with van der Waals surface area (Å²) in [4.78, 5) is 7.04. The summed E-state index contributed by atoms with van der Waals surface area (Å²) < 4.78 is 0. The number of aliphatic hydroxyl groups is 1. The number of likely N-dealkylation sites (tertiary alicyclic amines) is 1. The lowest BCUT2D eigenvalue weighted by Gasteiger charge is -2.31. The average Bonchev–Trinajstić information content (AvgIpc) is 3.15. The van der Waals surface area contributed by atoms with Gasteiger partial charge in [-0.25, -0.2) is 0 Å². The zero-order valence-electron chi connectivity index (χ0n) is 14.6. The summed E-state index contributed by atoms with van der Waals surface area (Å²) in [6, 6.07) is 0. The van der Waals surface area contributed by atoms with Crippen molar-refractivity contribution < 1.29 is 5.11 Å². The van der Waals surface area contributed by atoms with Gasteiger partial charge in [0.1, 0.15) is 0 Å². The van der Waals surface area contributed by atoms with Crippen LogP contribution in [0.1, 0.15) is 57.8 Å². The van der Waals surface area contributed by atoms with E-state index < -0.39 is 0 Å². The molecule has 2 saturated carbocycles. The average molecular weight is 435 g/mol. The van der Waals surface area contributed by atoms with E-state index in [9.17, 15) is 5.11 Å². The first kappa shape index (κ1) is 19.3. The third-order valence-electron chi connectivity index (χ3n) is 6.42. The molecule has 0 amide bonds. The van der Waals surface area contributed by atoms with Gasteiger partial charge in [0.15, 0.2) is 5.96 Å². The Morgan fingerprint density at radius 3 is 2.26 bits per heavy atom. The molecule has 2 aliphatic carbocycles. The standard InChI is InChI=1S/C18H33N3O.HI/c1-19-17(20-14-18(10-11-22)8-4-5-9-18)21-12-15-6-2-3-7-16(15)13-21;/h15-16,22H,2-14H2,1H3,(H,19,20);1H. The number of hydrogen-bond donors (Lipinski definition) is 2. The minimum atomic E-state index is 0. The third-order valence-corrected chi connectivity index (χ3v) is 6.42. The van der Waals surface area contributed by atoms with Crippen molar-refractivity contribution in [3.05, 3.63) is 0 Å². The van der Waals surface area contributed by atoms with E-state index in [0.717, 1.165) is 30.8 Å². The van der Waals surface area contributed by atoms with Crippen molar-refractivity contribution in [2.75, 3.05) is 33.3 Å². The van der Waals surface area contributed by atoms with E-state index in [4.69, 9.17) is 0 Å². The molecule has 1 saturated heterocycles. The van der Waals surface area contributed by atoms with Gasteiger partial charge in [-0.15, -0.1) is 24.0 Å². The fourth-order valence-corrected chi connectivity index (χ4v) is 5.05. The van der Waals surface area contributed by atoms with Gasteiger partial charge in [0.2, 0.25) is 0 Å². The Bertz CT molecular complexity index is 382. The largest absolute Gasteiger partial charge is 0.396 e. The SMILES string of the molecule is CN=C(NCC1(CCO)CCCC1)N1CC2CCCCC2C1.I. The second-order valence-corrected chi connectivity index (χ2v) is 7.79. The van der Waals surface area contributed by atoms with Gasteiger partial charge in [0.25, 0.3) is 0 Å². The van der Waals surface area contributed by atoms with Crippen molar-refractivity contribution in [2.24, 2.45) is 22.2 Å². The predicted molar refractivity (Wildman–Crippen MR) is 106 cm³/mol. The lowest BCUT2D eigenvalue weighted by Crippen LogP contribution is -2.45. The first-order chi connectivity index (χ1) is 10.8. The maximum absolute atomic E-state index is 9.40. The van der Waals surface area contributed by atoms with Crippen molar-refractivity contribution >= 4 is 29.9 Å². The highest BCUT2D eigenvalue weighted by Gasteiger charge is 2.37. The predicted octanol–water partition coefficient (Wildman–Crippen LogP) is 3.24. The molecule has 2 atom stereocenters. The van der Waals surface area contributed by atoms with Crippen LogP contribution >= 0.6 is 24.0 Å². The van der Waals surface area contributed by atoms with Crippen LogP contribution in [0.15, 0.2) is 4.99 Å². The molecule has 4 nitrogen and oxygen atoms in total. The topological polar surface area (TPSA) is 47.9 Å². The summed E-state index contributed by atoms with van der Waals surface area (Å²) in [5, 5.41) is 13.1. The highest BCUT2D eigenvalue weighted by Crippen LogP contribution is 2.40. The second kappa shape index (κ2) is 8.88. The molecule has 5 heteroatoms. The first-order valence-electron chi connectivity index (χ1n) is 9.33. The fourth-order valence-electron chi connectivity index (χ4n) is 5.05. The lowest BCUT2D eigenvalue weighted by molar-refractivity contribution is 0.184. The van der Waals surface area contributed by atoms with Crippen LogP contribution in [0.25, 0.3) is 0 Å². The Kier molecular flexibility index (Phi) is 7.45. The first-order valence-corrected chi connectivity index (χ1v) is 9.33. The molecule has 0 aromatic rings.